The van der Waals surface area contributed by atoms with Crippen LogP contribution in [0.1, 0.15) is 34.7 Å². The van der Waals surface area contributed by atoms with Crippen molar-refractivity contribution in [3.05, 3.63) is 65.6 Å². The molecule has 4 nitrogen and oxygen atoms in total. The smallest absolute Gasteiger partial charge is 0.257 e. The van der Waals surface area contributed by atoms with E-state index in [1.807, 2.05) is 18.2 Å². The van der Waals surface area contributed by atoms with E-state index >= 15 is 0 Å². The van der Waals surface area contributed by atoms with E-state index in [0.29, 0.717) is 17.2 Å². The molecule has 0 aliphatic heterocycles. The van der Waals surface area contributed by atoms with Crippen LogP contribution in [0.25, 0.3) is 10.9 Å². The monoisotopic (exact) mass is 321 g/mol. The van der Waals surface area contributed by atoms with Crippen LogP contribution in [0.5, 0.6) is 0 Å². The number of aromatic nitrogens is 1. The van der Waals surface area contributed by atoms with Crippen molar-refractivity contribution in [1.82, 2.24) is 4.98 Å². The Hall–Kier alpha value is -2.95. The maximum Gasteiger partial charge on any atom is 0.257 e. The molecule has 3 aromatic rings. The van der Waals surface area contributed by atoms with Gasteiger partial charge in [0.15, 0.2) is 0 Å². The lowest BCUT2D eigenvalue weighted by molar-refractivity contribution is 0.102. The van der Waals surface area contributed by atoms with E-state index in [1.54, 1.807) is 6.20 Å². The van der Waals surface area contributed by atoms with E-state index in [2.05, 4.69) is 16.4 Å². The zero-order valence-electron chi connectivity index (χ0n) is 12.9. The van der Waals surface area contributed by atoms with Gasteiger partial charge in [-0.2, -0.15) is 0 Å². The Bertz CT molecular complexity index is 950. The summed E-state index contributed by atoms with van der Waals surface area (Å²) in [6.07, 6.45) is 3.98. The summed E-state index contributed by atoms with van der Waals surface area (Å²) in [6.45, 7) is 0. The van der Waals surface area contributed by atoms with Crippen LogP contribution < -0.4 is 11.1 Å². The van der Waals surface area contributed by atoms with Crippen LogP contribution >= 0.6 is 0 Å². The van der Waals surface area contributed by atoms with Gasteiger partial charge in [0.1, 0.15) is 5.82 Å². The number of carbonyl (C=O) groups is 1. The number of para-hydroxylation sites is 1. The molecule has 0 radical (unpaired) electrons. The van der Waals surface area contributed by atoms with Crippen LogP contribution in [0.3, 0.4) is 0 Å². The SMILES string of the molecule is Nc1cc(F)ccc1NC(=O)c1cnc2c(C3CC3)cccc2c1. The number of anilines is 2. The quantitative estimate of drug-likeness (QED) is 0.714. The standard InChI is InChI=1S/C19H16FN3O/c20-14-6-7-17(16(21)9-14)23-19(24)13-8-12-2-1-3-15(11-4-5-11)18(12)22-10-13/h1-3,6-11H,4-5,21H2,(H,23,24). The number of nitrogens with two attached hydrogens (primary N) is 1. The summed E-state index contributed by atoms with van der Waals surface area (Å²) in [5.41, 5.74) is 8.95. The zero-order chi connectivity index (χ0) is 16.7. The second kappa shape index (κ2) is 5.60. The van der Waals surface area contributed by atoms with Gasteiger partial charge in [-0.3, -0.25) is 9.78 Å². The number of amides is 1. The lowest BCUT2D eigenvalue weighted by Gasteiger charge is -2.09. The highest BCUT2D eigenvalue weighted by Crippen LogP contribution is 2.42. The third-order valence-corrected chi connectivity index (χ3v) is 4.28. The van der Waals surface area contributed by atoms with Crippen molar-refractivity contribution in [3.8, 4) is 0 Å². The number of nitrogen functional groups attached to an aromatic ring is 1. The van der Waals surface area contributed by atoms with Crippen molar-refractivity contribution in [2.24, 2.45) is 0 Å². The molecule has 3 N–H and O–H groups in total. The Morgan fingerprint density at radius 3 is 2.79 bits per heavy atom. The zero-order valence-corrected chi connectivity index (χ0v) is 12.9. The van der Waals surface area contributed by atoms with Crippen LogP contribution in [-0.2, 0) is 0 Å². The Morgan fingerprint density at radius 2 is 2.04 bits per heavy atom. The molecule has 5 heteroatoms. The Balaban J connectivity index is 1.64. The minimum absolute atomic E-state index is 0.188. The molecule has 1 heterocycles. The first-order valence-electron chi connectivity index (χ1n) is 7.87. The molecule has 1 aliphatic rings. The topological polar surface area (TPSA) is 68.0 Å². The summed E-state index contributed by atoms with van der Waals surface area (Å²) < 4.78 is 13.1. The minimum atomic E-state index is -0.439. The van der Waals surface area contributed by atoms with Crippen LogP contribution in [0, 0.1) is 5.82 Å². The summed E-state index contributed by atoms with van der Waals surface area (Å²) in [5.74, 6) is -0.162. The van der Waals surface area contributed by atoms with Crippen molar-refractivity contribution >= 4 is 28.2 Å². The summed E-state index contributed by atoms with van der Waals surface area (Å²) in [5, 5.41) is 3.64. The molecule has 1 aromatic heterocycles. The van der Waals surface area contributed by atoms with Crippen molar-refractivity contribution in [1.29, 1.82) is 0 Å². The third-order valence-electron chi connectivity index (χ3n) is 4.28. The molecule has 0 atom stereocenters. The van der Waals surface area contributed by atoms with Gasteiger partial charge in [-0.25, -0.2) is 4.39 Å². The molecule has 1 fully saturated rings. The highest BCUT2D eigenvalue weighted by atomic mass is 19.1. The lowest BCUT2D eigenvalue weighted by Crippen LogP contribution is -2.13. The molecule has 4 rings (SSSR count). The second-order valence-corrected chi connectivity index (χ2v) is 6.10. The average molecular weight is 321 g/mol. The maximum absolute atomic E-state index is 13.1. The first-order valence-corrected chi connectivity index (χ1v) is 7.87. The summed E-state index contributed by atoms with van der Waals surface area (Å²) >= 11 is 0. The van der Waals surface area contributed by atoms with Crippen LogP contribution in [0.4, 0.5) is 15.8 Å². The third kappa shape index (κ3) is 2.69. The molecule has 0 unspecified atom stereocenters. The van der Waals surface area contributed by atoms with Crippen molar-refractivity contribution < 1.29 is 9.18 Å². The molecule has 1 saturated carbocycles. The lowest BCUT2D eigenvalue weighted by atomic mass is 10.0. The number of carbonyl (C=O) groups excluding carboxylic acids is 1. The minimum Gasteiger partial charge on any atom is -0.397 e. The largest absolute Gasteiger partial charge is 0.397 e. The van der Waals surface area contributed by atoms with E-state index < -0.39 is 5.82 Å². The van der Waals surface area contributed by atoms with Gasteiger partial charge in [0.25, 0.3) is 5.91 Å². The number of fused-ring (bicyclic) bond motifs is 1. The van der Waals surface area contributed by atoms with Gasteiger partial charge in [0.2, 0.25) is 0 Å². The highest BCUT2D eigenvalue weighted by Gasteiger charge is 2.25. The van der Waals surface area contributed by atoms with Gasteiger partial charge < -0.3 is 11.1 Å². The molecule has 0 spiro atoms. The highest BCUT2D eigenvalue weighted by molar-refractivity contribution is 6.07. The van der Waals surface area contributed by atoms with Crippen LogP contribution in [0.15, 0.2) is 48.7 Å². The van der Waals surface area contributed by atoms with Crippen LogP contribution in [0.2, 0.25) is 0 Å². The molecule has 2 aromatic carbocycles. The predicted molar refractivity (Wildman–Crippen MR) is 92.5 cm³/mol. The van der Waals surface area contributed by atoms with Gasteiger partial charge in [0.05, 0.1) is 22.5 Å². The Kier molecular flexibility index (Phi) is 3.41. The second-order valence-electron chi connectivity index (χ2n) is 6.10. The fraction of sp³-hybridized carbons (Fsp3) is 0.158. The van der Waals surface area contributed by atoms with Gasteiger partial charge >= 0.3 is 0 Å². The molecule has 24 heavy (non-hydrogen) atoms. The number of nitrogens with zero attached hydrogens (tertiary/aromatic N) is 1. The number of benzene rings is 2. The van der Waals surface area contributed by atoms with Crippen LogP contribution in [-0.4, -0.2) is 10.9 Å². The molecule has 120 valence electrons. The molecular formula is C19H16FN3O. The number of nitrogens with one attached hydrogen (secondary N) is 1. The van der Waals surface area contributed by atoms with Gasteiger partial charge in [-0.05, 0) is 48.6 Å². The average Bonchev–Trinajstić information content (AvgIpc) is 3.41. The molecule has 0 saturated heterocycles. The predicted octanol–water partition coefficient (Wildman–Crippen LogP) is 4.09. The van der Waals surface area contributed by atoms with E-state index in [9.17, 15) is 9.18 Å². The fourth-order valence-electron chi connectivity index (χ4n) is 2.87. The van der Waals surface area contributed by atoms with Gasteiger partial charge in [0, 0.05) is 11.6 Å². The molecule has 0 bridgehead atoms. The van der Waals surface area contributed by atoms with E-state index in [1.165, 1.54) is 36.6 Å². The number of hydrogen-bond acceptors (Lipinski definition) is 3. The maximum atomic E-state index is 13.1. The van der Waals surface area contributed by atoms with Gasteiger partial charge in [-0.15, -0.1) is 0 Å². The van der Waals surface area contributed by atoms with E-state index in [4.69, 9.17) is 5.73 Å². The first-order chi connectivity index (χ1) is 11.6. The molecular weight excluding hydrogens is 305 g/mol. The van der Waals surface area contributed by atoms with E-state index in [0.717, 1.165) is 10.9 Å². The number of rotatable bonds is 3. The summed E-state index contributed by atoms with van der Waals surface area (Å²) in [7, 11) is 0. The summed E-state index contributed by atoms with van der Waals surface area (Å²) in [6, 6.07) is 11.8. The number of hydrogen-bond donors (Lipinski definition) is 2. The Morgan fingerprint density at radius 1 is 1.21 bits per heavy atom. The first kappa shape index (κ1) is 14.6. The molecule has 1 aliphatic carbocycles. The van der Waals surface area contributed by atoms with Crippen molar-refractivity contribution in [3.63, 3.8) is 0 Å². The van der Waals surface area contributed by atoms with E-state index in [-0.39, 0.29) is 11.6 Å². The van der Waals surface area contributed by atoms with Gasteiger partial charge in [-0.1, -0.05) is 18.2 Å². The van der Waals surface area contributed by atoms with Crippen molar-refractivity contribution in [2.75, 3.05) is 11.1 Å². The van der Waals surface area contributed by atoms with Crippen molar-refractivity contribution in [2.45, 2.75) is 18.8 Å². The summed E-state index contributed by atoms with van der Waals surface area (Å²) in [4.78, 5) is 16.9. The number of halogens is 1. The molecule has 1 amide bonds. The fourth-order valence-corrected chi connectivity index (χ4v) is 2.87. The Labute approximate surface area is 138 Å². The normalized spacial score (nSPS) is 13.9. The number of pyridine rings is 1.